The molecule has 1 aromatic carbocycles. The van der Waals surface area contributed by atoms with Gasteiger partial charge in [0.25, 0.3) is 0 Å². The summed E-state index contributed by atoms with van der Waals surface area (Å²) < 4.78 is 0. The number of primary amides is 1. The number of carbonyl (C=O) groups excluding carboxylic acids is 4. The smallest absolute Gasteiger partial charge is 0.326 e. The molecule has 0 spiro atoms. The molecule has 0 aliphatic carbocycles. The summed E-state index contributed by atoms with van der Waals surface area (Å²) >= 11 is 0. The monoisotopic (exact) mass is 435 g/mol. The van der Waals surface area contributed by atoms with Gasteiger partial charge in [-0.3, -0.25) is 19.2 Å². The Morgan fingerprint density at radius 1 is 1.00 bits per heavy atom. The maximum atomic E-state index is 12.4. The van der Waals surface area contributed by atoms with Crippen LogP contribution < -0.4 is 27.4 Å². The predicted molar refractivity (Wildman–Crippen MR) is 111 cm³/mol. The van der Waals surface area contributed by atoms with Crippen molar-refractivity contribution in [2.24, 2.45) is 17.4 Å². The van der Waals surface area contributed by atoms with Crippen molar-refractivity contribution in [2.75, 3.05) is 6.54 Å². The highest BCUT2D eigenvalue weighted by Gasteiger charge is 2.29. The van der Waals surface area contributed by atoms with E-state index in [1.54, 1.807) is 13.8 Å². The summed E-state index contributed by atoms with van der Waals surface area (Å²) in [4.78, 5) is 59.2. The Balaban J connectivity index is 2.64. The van der Waals surface area contributed by atoms with Crippen LogP contribution in [0.2, 0.25) is 0 Å². The highest BCUT2D eigenvalue weighted by Crippen LogP contribution is 2.04. The molecule has 3 atom stereocenters. The molecule has 8 N–H and O–H groups in total. The molecular weight excluding hydrogens is 406 g/mol. The number of benzene rings is 1. The molecule has 1 aromatic rings. The first kappa shape index (κ1) is 25.6. The first-order chi connectivity index (χ1) is 14.5. The fourth-order valence-electron chi connectivity index (χ4n) is 2.68. The summed E-state index contributed by atoms with van der Waals surface area (Å²) in [6.45, 7) is 2.69. The van der Waals surface area contributed by atoms with Crippen molar-refractivity contribution in [3.05, 3.63) is 35.9 Å². The third-order valence-corrected chi connectivity index (χ3v) is 4.35. The van der Waals surface area contributed by atoms with Crippen LogP contribution in [0.25, 0.3) is 0 Å². The summed E-state index contributed by atoms with van der Waals surface area (Å²) in [6, 6.07) is 5.59. The highest BCUT2D eigenvalue weighted by atomic mass is 16.4. The molecule has 31 heavy (non-hydrogen) atoms. The van der Waals surface area contributed by atoms with Crippen LogP contribution >= 0.6 is 0 Å². The molecule has 0 heterocycles. The van der Waals surface area contributed by atoms with E-state index >= 15 is 0 Å². The van der Waals surface area contributed by atoms with Crippen molar-refractivity contribution >= 4 is 29.6 Å². The summed E-state index contributed by atoms with van der Waals surface area (Å²) in [6.07, 6.45) is -0.268. The Hall–Kier alpha value is -3.47. The zero-order chi connectivity index (χ0) is 23.6. The SMILES string of the molecule is CC(C)C(NC(=O)C(CC(N)=O)NC(=O)CNC(=O)C(N)Cc1ccccc1)C(=O)O. The minimum atomic E-state index is -1.39. The summed E-state index contributed by atoms with van der Waals surface area (Å²) in [5.41, 5.74) is 11.8. The van der Waals surface area contributed by atoms with Crippen molar-refractivity contribution in [2.45, 2.75) is 44.8 Å². The number of amides is 4. The first-order valence-corrected chi connectivity index (χ1v) is 9.69. The average molecular weight is 435 g/mol. The van der Waals surface area contributed by atoms with Crippen LogP contribution in [0.4, 0.5) is 0 Å². The molecule has 0 fully saturated rings. The van der Waals surface area contributed by atoms with E-state index in [9.17, 15) is 29.1 Å². The van der Waals surface area contributed by atoms with Crippen LogP contribution in [0.3, 0.4) is 0 Å². The van der Waals surface area contributed by atoms with Crippen molar-refractivity contribution in [1.29, 1.82) is 0 Å². The minimum Gasteiger partial charge on any atom is -0.480 e. The Morgan fingerprint density at radius 3 is 2.13 bits per heavy atom. The second-order valence-corrected chi connectivity index (χ2v) is 7.37. The van der Waals surface area contributed by atoms with Crippen LogP contribution in [0.1, 0.15) is 25.8 Å². The molecule has 11 heteroatoms. The number of nitrogens with one attached hydrogen (secondary N) is 3. The van der Waals surface area contributed by atoms with Crippen LogP contribution in [-0.2, 0) is 30.4 Å². The van der Waals surface area contributed by atoms with Crippen LogP contribution in [0.15, 0.2) is 30.3 Å². The summed E-state index contributed by atoms with van der Waals surface area (Å²) in [5.74, 6) is -4.77. The van der Waals surface area contributed by atoms with E-state index in [0.717, 1.165) is 5.56 Å². The van der Waals surface area contributed by atoms with E-state index in [0.29, 0.717) is 0 Å². The maximum absolute atomic E-state index is 12.4. The van der Waals surface area contributed by atoms with Gasteiger partial charge in [0, 0.05) is 0 Å². The number of carboxylic acid groups (broad SMARTS) is 1. The molecule has 170 valence electrons. The predicted octanol–water partition coefficient (Wildman–Crippen LogP) is -1.74. The number of aliphatic carboxylic acids is 1. The zero-order valence-electron chi connectivity index (χ0n) is 17.5. The van der Waals surface area contributed by atoms with Crippen molar-refractivity contribution in [3.63, 3.8) is 0 Å². The number of hydrogen-bond acceptors (Lipinski definition) is 6. The number of carboxylic acids is 1. The molecule has 0 aliphatic rings. The largest absolute Gasteiger partial charge is 0.480 e. The van der Waals surface area contributed by atoms with Gasteiger partial charge >= 0.3 is 5.97 Å². The highest BCUT2D eigenvalue weighted by molar-refractivity contribution is 5.95. The lowest BCUT2D eigenvalue weighted by Gasteiger charge is -2.22. The van der Waals surface area contributed by atoms with Crippen molar-refractivity contribution < 1.29 is 29.1 Å². The molecular formula is C20H29N5O6. The second kappa shape index (κ2) is 12.3. The molecule has 0 radical (unpaired) electrons. The molecule has 0 aromatic heterocycles. The lowest BCUT2D eigenvalue weighted by molar-refractivity contribution is -0.143. The normalized spacial score (nSPS) is 13.5. The number of hydrogen-bond donors (Lipinski definition) is 6. The molecule has 0 saturated heterocycles. The van der Waals surface area contributed by atoms with Gasteiger partial charge in [-0.1, -0.05) is 44.2 Å². The van der Waals surface area contributed by atoms with Gasteiger partial charge in [-0.2, -0.15) is 0 Å². The van der Waals surface area contributed by atoms with Gasteiger partial charge in [-0.05, 0) is 17.9 Å². The molecule has 3 unspecified atom stereocenters. The van der Waals surface area contributed by atoms with E-state index in [4.69, 9.17) is 11.5 Å². The van der Waals surface area contributed by atoms with Gasteiger partial charge in [0.2, 0.25) is 23.6 Å². The fourth-order valence-corrected chi connectivity index (χ4v) is 2.68. The van der Waals surface area contributed by atoms with E-state index in [-0.39, 0.29) is 6.42 Å². The van der Waals surface area contributed by atoms with Gasteiger partial charge in [0.05, 0.1) is 19.0 Å². The van der Waals surface area contributed by atoms with Crippen LogP contribution in [-0.4, -0.2) is 59.4 Å². The third kappa shape index (κ3) is 9.26. The quantitative estimate of drug-likeness (QED) is 0.224. The van der Waals surface area contributed by atoms with Crippen LogP contribution in [0, 0.1) is 5.92 Å². The maximum Gasteiger partial charge on any atom is 0.326 e. The standard InChI is InChI=1S/C20H29N5O6/c1-11(2)17(20(30)31)25-19(29)14(9-15(22)26)24-16(27)10-23-18(28)13(21)8-12-6-4-3-5-7-12/h3-7,11,13-14,17H,8-10,21H2,1-2H3,(H2,22,26)(H,23,28)(H,24,27)(H,25,29)(H,30,31). The Kier molecular flexibility index (Phi) is 10.1. The lowest BCUT2D eigenvalue weighted by atomic mass is 10.0. The van der Waals surface area contributed by atoms with Gasteiger partial charge in [0.1, 0.15) is 12.1 Å². The number of rotatable bonds is 12. The van der Waals surface area contributed by atoms with E-state index in [1.165, 1.54) is 0 Å². The Morgan fingerprint density at radius 2 is 1.61 bits per heavy atom. The minimum absolute atomic E-state index is 0.271. The van der Waals surface area contributed by atoms with E-state index < -0.39 is 66.6 Å². The lowest BCUT2D eigenvalue weighted by Crippen LogP contribution is -2.55. The zero-order valence-corrected chi connectivity index (χ0v) is 17.5. The van der Waals surface area contributed by atoms with Gasteiger partial charge in [-0.15, -0.1) is 0 Å². The second-order valence-electron chi connectivity index (χ2n) is 7.37. The third-order valence-electron chi connectivity index (χ3n) is 4.35. The molecule has 0 saturated carbocycles. The molecule has 0 aliphatic heterocycles. The van der Waals surface area contributed by atoms with Gasteiger partial charge in [0.15, 0.2) is 0 Å². The molecule has 11 nitrogen and oxygen atoms in total. The molecule has 0 bridgehead atoms. The van der Waals surface area contributed by atoms with Crippen molar-refractivity contribution in [3.8, 4) is 0 Å². The Labute approximate surface area is 179 Å². The summed E-state index contributed by atoms with van der Waals surface area (Å²) in [7, 11) is 0. The fraction of sp³-hybridized carbons (Fsp3) is 0.450. The van der Waals surface area contributed by atoms with Gasteiger partial charge < -0.3 is 32.5 Å². The number of nitrogens with two attached hydrogens (primary N) is 2. The Bertz CT molecular complexity index is 799. The summed E-state index contributed by atoms with van der Waals surface area (Å²) in [5, 5.41) is 16.1. The first-order valence-electron chi connectivity index (χ1n) is 9.69. The molecule has 1 rings (SSSR count). The van der Waals surface area contributed by atoms with E-state index in [2.05, 4.69) is 16.0 Å². The van der Waals surface area contributed by atoms with E-state index in [1.807, 2.05) is 30.3 Å². The number of carbonyl (C=O) groups is 5. The van der Waals surface area contributed by atoms with Crippen LogP contribution in [0.5, 0.6) is 0 Å². The van der Waals surface area contributed by atoms with Crippen molar-refractivity contribution in [1.82, 2.24) is 16.0 Å². The average Bonchev–Trinajstić information content (AvgIpc) is 2.69. The van der Waals surface area contributed by atoms with Gasteiger partial charge in [-0.25, -0.2) is 4.79 Å². The topological polar surface area (TPSA) is 194 Å². The molecule has 4 amide bonds.